The van der Waals surface area contributed by atoms with E-state index in [2.05, 4.69) is 14.8 Å². The van der Waals surface area contributed by atoms with Gasteiger partial charge in [-0.05, 0) is 32.0 Å². The van der Waals surface area contributed by atoms with Crippen LogP contribution in [0.25, 0.3) is 0 Å². The second-order valence-corrected chi connectivity index (χ2v) is 4.87. The number of pyridine rings is 1. The molecule has 19 heavy (non-hydrogen) atoms. The zero-order valence-corrected chi connectivity index (χ0v) is 11.4. The third kappa shape index (κ3) is 3.75. The van der Waals surface area contributed by atoms with E-state index in [-0.39, 0.29) is 12.4 Å². The minimum absolute atomic E-state index is 0.0454. The number of carbonyl (C=O) groups is 1. The molecule has 1 fully saturated rings. The minimum atomic E-state index is 0.0454. The minimum Gasteiger partial charge on any atom is -0.395 e. The van der Waals surface area contributed by atoms with Gasteiger partial charge in [0.1, 0.15) is 5.82 Å². The second kappa shape index (κ2) is 6.63. The van der Waals surface area contributed by atoms with E-state index in [4.69, 9.17) is 5.11 Å². The number of anilines is 1. The van der Waals surface area contributed by atoms with Crippen molar-refractivity contribution in [3.8, 4) is 0 Å². The fraction of sp³-hybridized carbons (Fsp3) is 0.571. The first-order chi connectivity index (χ1) is 9.20. The summed E-state index contributed by atoms with van der Waals surface area (Å²) in [6, 6.07) is 3.75. The molecule has 1 N–H and O–H groups in total. The van der Waals surface area contributed by atoms with Crippen molar-refractivity contribution in [3.05, 3.63) is 23.9 Å². The zero-order valence-electron chi connectivity index (χ0n) is 11.4. The van der Waals surface area contributed by atoms with Gasteiger partial charge in [-0.25, -0.2) is 4.98 Å². The molecule has 0 saturated carbocycles. The standard InChI is InChI=1S/C14H21N3O2/c1-12(19)13-3-4-14(15-11-13)17-6-2-5-16(7-8-17)9-10-18/h3-4,11,18H,2,5-10H2,1H3. The largest absolute Gasteiger partial charge is 0.395 e. The molecule has 1 aromatic rings. The Morgan fingerprint density at radius 3 is 2.79 bits per heavy atom. The van der Waals surface area contributed by atoms with Gasteiger partial charge in [0.2, 0.25) is 0 Å². The summed E-state index contributed by atoms with van der Waals surface area (Å²) in [6.07, 6.45) is 2.71. The maximum atomic E-state index is 11.2. The number of hydrogen-bond donors (Lipinski definition) is 1. The number of ketones is 1. The van der Waals surface area contributed by atoms with Crippen molar-refractivity contribution in [2.24, 2.45) is 0 Å². The lowest BCUT2D eigenvalue weighted by atomic mass is 10.2. The summed E-state index contributed by atoms with van der Waals surface area (Å²) >= 11 is 0. The lowest BCUT2D eigenvalue weighted by Crippen LogP contribution is -2.32. The van der Waals surface area contributed by atoms with E-state index in [9.17, 15) is 4.79 Å². The van der Waals surface area contributed by atoms with Gasteiger partial charge in [-0.2, -0.15) is 0 Å². The fourth-order valence-electron chi connectivity index (χ4n) is 2.35. The van der Waals surface area contributed by atoms with Crippen molar-refractivity contribution in [2.75, 3.05) is 44.2 Å². The van der Waals surface area contributed by atoms with E-state index < -0.39 is 0 Å². The molecule has 1 aromatic heterocycles. The maximum Gasteiger partial charge on any atom is 0.161 e. The molecule has 2 heterocycles. The molecule has 1 saturated heterocycles. The van der Waals surface area contributed by atoms with E-state index in [1.54, 1.807) is 13.1 Å². The van der Waals surface area contributed by atoms with Gasteiger partial charge in [-0.15, -0.1) is 0 Å². The number of nitrogens with zero attached hydrogens (tertiary/aromatic N) is 3. The molecule has 5 heteroatoms. The van der Waals surface area contributed by atoms with Crippen molar-refractivity contribution in [2.45, 2.75) is 13.3 Å². The quantitative estimate of drug-likeness (QED) is 0.814. The van der Waals surface area contributed by atoms with E-state index in [0.717, 1.165) is 45.0 Å². The highest BCUT2D eigenvalue weighted by atomic mass is 16.3. The van der Waals surface area contributed by atoms with Crippen molar-refractivity contribution in [1.29, 1.82) is 0 Å². The Kier molecular flexibility index (Phi) is 4.87. The average Bonchev–Trinajstić information content (AvgIpc) is 2.65. The summed E-state index contributed by atoms with van der Waals surface area (Å²) in [6.45, 7) is 6.34. The Labute approximate surface area is 113 Å². The van der Waals surface area contributed by atoms with Gasteiger partial charge >= 0.3 is 0 Å². The summed E-state index contributed by atoms with van der Waals surface area (Å²) in [4.78, 5) is 20.1. The van der Waals surface area contributed by atoms with Crippen LogP contribution in [0.5, 0.6) is 0 Å². The molecule has 0 unspecified atom stereocenters. The van der Waals surface area contributed by atoms with Gasteiger partial charge in [-0.3, -0.25) is 9.69 Å². The van der Waals surface area contributed by atoms with Gasteiger partial charge in [0, 0.05) is 37.9 Å². The molecule has 0 aliphatic carbocycles. The molecule has 104 valence electrons. The highest BCUT2D eigenvalue weighted by Gasteiger charge is 2.15. The Morgan fingerprint density at radius 2 is 2.16 bits per heavy atom. The average molecular weight is 263 g/mol. The first-order valence-electron chi connectivity index (χ1n) is 6.76. The Bertz CT molecular complexity index is 419. The molecule has 1 aliphatic rings. The molecule has 5 nitrogen and oxygen atoms in total. The van der Waals surface area contributed by atoms with Gasteiger partial charge < -0.3 is 10.0 Å². The fourth-order valence-corrected chi connectivity index (χ4v) is 2.35. The first kappa shape index (κ1) is 14.0. The monoisotopic (exact) mass is 263 g/mol. The molecule has 0 bridgehead atoms. The van der Waals surface area contributed by atoms with Crippen LogP contribution in [0.3, 0.4) is 0 Å². The molecule has 0 radical (unpaired) electrons. The summed E-state index contributed by atoms with van der Waals surface area (Å²) in [5.41, 5.74) is 0.653. The molecular formula is C14H21N3O2. The Balaban J connectivity index is 1.99. The van der Waals surface area contributed by atoms with Crippen LogP contribution in [-0.2, 0) is 0 Å². The van der Waals surface area contributed by atoms with Crippen LogP contribution in [0.1, 0.15) is 23.7 Å². The number of rotatable bonds is 4. The normalized spacial score (nSPS) is 17.3. The smallest absolute Gasteiger partial charge is 0.161 e. The number of β-amino-alcohol motifs (C(OH)–C–C–N with tert-alkyl or cyclic N) is 1. The molecule has 0 spiro atoms. The van der Waals surface area contributed by atoms with Gasteiger partial charge in [0.25, 0.3) is 0 Å². The van der Waals surface area contributed by atoms with E-state index in [0.29, 0.717) is 5.56 Å². The molecule has 0 amide bonds. The summed E-state index contributed by atoms with van der Waals surface area (Å²) < 4.78 is 0. The van der Waals surface area contributed by atoms with Crippen molar-refractivity contribution < 1.29 is 9.90 Å². The van der Waals surface area contributed by atoms with Crippen LogP contribution in [0.2, 0.25) is 0 Å². The first-order valence-corrected chi connectivity index (χ1v) is 6.76. The molecular weight excluding hydrogens is 242 g/mol. The number of aliphatic hydroxyl groups excluding tert-OH is 1. The van der Waals surface area contributed by atoms with E-state index in [1.807, 2.05) is 12.1 Å². The Hall–Kier alpha value is -1.46. The Morgan fingerprint density at radius 1 is 1.32 bits per heavy atom. The van der Waals surface area contributed by atoms with E-state index >= 15 is 0 Å². The van der Waals surface area contributed by atoms with Crippen LogP contribution >= 0.6 is 0 Å². The maximum absolute atomic E-state index is 11.2. The van der Waals surface area contributed by atoms with Crippen LogP contribution < -0.4 is 4.90 Å². The number of Topliss-reactive ketones (excluding diaryl/α,β-unsaturated/α-hetero) is 1. The summed E-state index contributed by atoms with van der Waals surface area (Å²) in [5.74, 6) is 0.972. The van der Waals surface area contributed by atoms with Crippen LogP contribution in [0.4, 0.5) is 5.82 Å². The summed E-state index contributed by atoms with van der Waals surface area (Å²) in [7, 11) is 0. The number of hydrogen-bond acceptors (Lipinski definition) is 5. The lowest BCUT2D eigenvalue weighted by Gasteiger charge is -2.22. The van der Waals surface area contributed by atoms with Crippen LogP contribution in [0, 0.1) is 0 Å². The SMILES string of the molecule is CC(=O)c1ccc(N2CCCN(CCO)CC2)nc1. The van der Waals surface area contributed by atoms with E-state index in [1.165, 1.54) is 0 Å². The topological polar surface area (TPSA) is 56.7 Å². The molecule has 0 aromatic carbocycles. The van der Waals surface area contributed by atoms with Crippen molar-refractivity contribution >= 4 is 11.6 Å². The zero-order chi connectivity index (χ0) is 13.7. The number of aliphatic hydroxyl groups is 1. The van der Waals surface area contributed by atoms with Gasteiger partial charge in [-0.1, -0.05) is 0 Å². The third-order valence-corrected chi connectivity index (χ3v) is 3.48. The predicted molar refractivity (Wildman–Crippen MR) is 74.6 cm³/mol. The van der Waals surface area contributed by atoms with Crippen LogP contribution in [-0.4, -0.2) is 60.1 Å². The van der Waals surface area contributed by atoms with Gasteiger partial charge in [0.15, 0.2) is 5.78 Å². The van der Waals surface area contributed by atoms with Gasteiger partial charge in [0.05, 0.1) is 6.61 Å². The third-order valence-electron chi connectivity index (χ3n) is 3.48. The second-order valence-electron chi connectivity index (χ2n) is 4.87. The number of aromatic nitrogens is 1. The molecule has 1 aliphatic heterocycles. The van der Waals surface area contributed by atoms with Crippen LogP contribution in [0.15, 0.2) is 18.3 Å². The molecule has 0 atom stereocenters. The predicted octanol–water partition coefficient (Wildman–Crippen LogP) is 0.789. The molecule has 2 rings (SSSR count). The lowest BCUT2D eigenvalue weighted by molar-refractivity contribution is 0.101. The highest BCUT2D eigenvalue weighted by Crippen LogP contribution is 2.14. The highest BCUT2D eigenvalue weighted by molar-refractivity contribution is 5.93. The number of carbonyl (C=O) groups excluding carboxylic acids is 1. The van der Waals surface area contributed by atoms with Crippen molar-refractivity contribution in [1.82, 2.24) is 9.88 Å². The van der Waals surface area contributed by atoms with Crippen molar-refractivity contribution in [3.63, 3.8) is 0 Å². The summed E-state index contributed by atoms with van der Waals surface area (Å²) in [5, 5.41) is 8.98.